The molecule has 1 fully saturated rings. The first-order valence-electron chi connectivity index (χ1n) is 9.02. The van der Waals surface area contributed by atoms with Crippen LogP contribution in [0, 0.1) is 11.7 Å². The molecule has 1 saturated heterocycles. The molecule has 0 bridgehead atoms. The van der Waals surface area contributed by atoms with Crippen molar-refractivity contribution in [2.45, 2.75) is 13.6 Å². The lowest BCUT2D eigenvalue weighted by molar-refractivity contribution is -0.923. The maximum Gasteiger partial charge on any atom is 0.225 e. The summed E-state index contributed by atoms with van der Waals surface area (Å²) in [5.74, 6) is 0.816. The van der Waals surface area contributed by atoms with Crippen molar-refractivity contribution < 1.29 is 4.90 Å². The van der Waals surface area contributed by atoms with E-state index in [0.29, 0.717) is 0 Å². The summed E-state index contributed by atoms with van der Waals surface area (Å²) in [5, 5.41) is 0.757. The summed E-state index contributed by atoms with van der Waals surface area (Å²) in [4.78, 5) is 12.4. The molecule has 0 spiro atoms. The number of hydrogen-bond acceptors (Lipinski definition) is 4. The molecule has 1 N–H and O–H groups in total. The van der Waals surface area contributed by atoms with Crippen LogP contribution in [-0.2, 0) is 6.67 Å². The zero-order valence-electron chi connectivity index (χ0n) is 15.2. The van der Waals surface area contributed by atoms with Gasteiger partial charge in [-0.1, -0.05) is 17.7 Å². The number of piperazine rings is 1. The van der Waals surface area contributed by atoms with Crippen LogP contribution in [0.1, 0.15) is 5.56 Å². The van der Waals surface area contributed by atoms with Gasteiger partial charge in [0, 0.05) is 29.8 Å². The minimum atomic E-state index is 0.757. The standard InChI is InChI=1S/C19H21ClN6S/c1-15-16(20)4-2-5-17(15)26-13-12-25(19(26)27)14-23-8-10-24(11-9-23)18-21-6-3-7-22-18/h2-7,12-13H,8-11,14H2,1H3/p+1. The minimum absolute atomic E-state index is 0.757. The predicted molar refractivity (Wildman–Crippen MR) is 109 cm³/mol. The number of benzene rings is 1. The van der Waals surface area contributed by atoms with Crippen LogP contribution in [0.2, 0.25) is 5.02 Å². The van der Waals surface area contributed by atoms with E-state index in [1.54, 1.807) is 12.4 Å². The SMILES string of the molecule is Cc1c(Cl)cccc1-n1ccn(C[NH+]2CCN(c3ncccn3)CC2)c1=S. The molecule has 0 saturated carbocycles. The van der Waals surface area contributed by atoms with Gasteiger partial charge in [0.2, 0.25) is 5.95 Å². The fraction of sp³-hybridized carbons (Fsp3) is 0.316. The monoisotopic (exact) mass is 401 g/mol. The van der Waals surface area contributed by atoms with Gasteiger partial charge in [0.05, 0.1) is 31.9 Å². The third-order valence-corrected chi connectivity index (χ3v) is 5.89. The summed E-state index contributed by atoms with van der Waals surface area (Å²) in [6.07, 6.45) is 7.67. The normalized spacial score (nSPS) is 15.3. The summed E-state index contributed by atoms with van der Waals surface area (Å²) >= 11 is 12.0. The van der Waals surface area contributed by atoms with Gasteiger partial charge in [0.25, 0.3) is 0 Å². The Morgan fingerprint density at radius 3 is 2.59 bits per heavy atom. The molecule has 1 aliphatic heterocycles. The second kappa shape index (κ2) is 7.80. The number of imidazole rings is 1. The first-order chi connectivity index (χ1) is 13.1. The van der Waals surface area contributed by atoms with E-state index in [1.807, 2.05) is 42.0 Å². The van der Waals surface area contributed by atoms with Crippen LogP contribution in [0.3, 0.4) is 0 Å². The highest BCUT2D eigenvalue weighted by Crippen LogP contribution is 2.22. The molecule has 140 valence electrons. The molecule has 3 aromatic rings. The maximum absolute atomic E-state index is 6.27. The van der Waals surface area contributed by atoms with Crippen molar-refractivity contribution in [2.75, 3.05) is 31.1 Å². The van der Waals surface area contributed by atoms with Crippen LogP contribution in [-0.4, -0.2) is 45.3 Å². The van der Waals surface area contributed by atoms with Crippen molar-refractivity contribution in [3.8, 4) is 5.69 Å². The maximum atomic E-state index is 6.27. The third kappa shape index (κ3) is 3.76. The Balaban J connectivity index is 1.45. The Morgan fingerprint density at radius 2 is 1.85 bits per heavy atom. The van der Waals surface area contributed by atoms with Gasteiger partial charge in [-0.05, 0) is 42.9 Å². The lowest BCUT2D eigenvalue weighted by Gasteiger charge is -2.32. The first kappa shape index (κ1) is 18.2. The zero-order chi connectivity index (χ0) is 18.8. The molecule has 4 rings (SSSR count). The number of nitrogens with zero attached hydrogens (tertiary/aromatic N) is 5. The van der Waals surface area contributed by atoms with Crippen LogP contribution in [0.15, 0.2) is 49.1 Å². The highest BCUT2D eigenvalue weighted by atomic mass is 35.5. The van der Waals surface area contributed by atoms with Gasteiger partial charge in [0.15, 0.2) is 11.4 Å². The lowest BCUT2D eigenvalue weighted by atomic mass is 10.2. The van der Waals surface area contributed by atoms with Gasteiger partial charge >= 0.3 is 0 Å². The molecule has 1 aromatic carbocycles. The van der Waals surface area contributed by atoms with E-state index < -0.39 is 0 Å². The Bertz CT molecular complexity index is 975. The Hall–Kier alpha value is -2.22. The predicted octanol–water partition coefficient (Wildman–Crippen LogP) is 2.12. The molecule has 8 heteroatoms. The molecule has 27 heavy (non-hydrogen) atoms. The number of nitrogens with one attached hydrogen (secondary N) is 1. The molecule has 6 nitrogen and oxygen atoms in total. The quantitative estimate of drug-likeness (QED) is 0.680. The van der Waals surface area contributed by atoms with E-state index in [4.69, 9.17) is 23.8 Å². The average Bonchev–Trinajstić information content (AvgIpc) is 3.05. The van der Waals surface area contributed by atoms with Gasteiger partial charge in [-0.25, -0.2) is 9.97 Å². The number of halogens is 1. The first-order valence-corrected chi connectivity index (χ1v) is 9.81. The van der Waals surface area contributed by atoms with Gasteiger partial charge in [-0.2, -0.15) is 0 Å². The van der Waals surface area contributed by atoms with Crippen molar-refractivity contribution in [3.63, 3.8) is 0 Å². The van der Waals surface area contributed by atoms with Gasteiger partial charge in [-0.15, -0.1) is 0 Å². The highest BCUT2D eigenvalue weighted by Gasteiger charge is 2.22. The Kier molecular flexibility index (Phi) is 5.24. The topological polar surface area (TPSA) is 43.3 Å². The molecule has 3 heterocycles. The number of hydrogen-bond donors (Lipinski definition) is 1. The van der Waals surface area contributed by atoms with Crippen molar-refractivity contribution in [2.24, 2.45) is 0 Å². The summed E-state index contributed by atoms with van der Waals surface area (Å²) in [5.41, 5.74) is 2.07. The molecule has 0 unspecified atom stereocenters. The average molecular weight is 402 g/mol. The minimum Gasteiger partial charge on any atom is -0.330 e. The highest BCUT2D eigenvalue weighted by molar-refractivity contribution is 7.71. The number of anilines is 1. The molecular formula is C19H22ClN6S+. The molecule has 1 aliphatic rings. The number of quaternary nitrogens is 1. The molecule has 0 amide bonds. The van der Waals surface area contributed by atoms with Gasteiger partial charge < -0.3 is 9.80 Å². The summed E-state index contributed by atoms with van der Waals surface area (Å²) in [7, 11) is 0. The molecular weight excluding hydrogens is 380 g/mol. The molecule has 0 atom stereocenters. The molecule has 0 aliphatic carbocycles. The number of rotatable bonds is 4. The van der Waals surface area contributed by atoms with Crippen LogP contribution in [0.4, 0.5) is 5.95 Å². The van der Waals surface area contributed by atoms with Crippen molar-refractivity contribution >= 4 is 29.8 Å². The van der Waals surface area contributed by atoms with Crippen molar-refractivity contribution in [3.05, 3.63) is 64.4 Å². The largest absolute Gasteiger partial charge is 0.330 e. The van der Waals surface area contributed by atoms with E-state index in [9.17, 15) is 0 Å². The summed E-state index contributed by atoms with van der Waals surface area (Å²) in [6.45, 7) is 6.83. The second-order valence-corrected chi connectivity index (χ2v) is 7.52. The van der Waals surface area contributed by atoms with E-state index in [-0.39, 0.29) is 0 Å². The smallest absolute Gasteiger partial charge is 0.225 e. The van der Waals surface area contributed by atoms with Gasteiger partial charge in [-0.3, -0.25) is 9.13 Å². The van der Waals surface area contributed by atoms with Crippen LogP contribution in [0.25, 0.3) is 5.69 Å². The summed E-state index contributed by atoms with van der Waals surface area (Å²) in [6, 6.07) is 7.76. The van der Waals surface area contributed by atoms with Crippen molar-refractivity contribution in [1.29, 1.82) is 0 Å². The van der Waals surface area contributed by atoms with Crippen LogP contribution >= 0.6 is 23.8 Å². The molecule has 0 radical (unpaired) electrons. The fourth-order valence-electron chi connectivity index (χ4n) is 3.45. The van der Waals surface area contributed by atoms with E-state index >= 15 is 0 Å². The third-order valence-electron chi connectivity index (χ3n) is 5.05. The van der Waals surface area contributed by atoms with Crippen molar-refractivity contribution in [1.82, 2.24) is 19.1 Å². The fourth-order valence-corrected chi connectivity index (χ4v) is 3.90. The Labute approximate surface area is 168 Å². The molecule has 2 aromatic heterocycles. The van der Waals surface area contributed by atoms with Crippen LogP contribution < -0.4 is 9.80 Å². The van der Waals surface area contributed by atoms with Gasteiger partial charge in [0.1, 0.15) is 0 Å². The lowest BCUT2D eigenvalue weighted by Crippen LogP contribution is -3.14. The number of aromatic nitrogens is 4. The summed E-state index contributed by atoms with van der Waals surface area (Å²) < 4.78 is 4.96. The van der Waals surface area contributed by atoms with Crippen LogP contribution in [0.5, 0.6) is 0 Å². The zero-order valence-corrected chi connectivity index (χ0v) is 16.7. The second-order valence-electron chi connectivity index (χ2n) is 6.75. The Morgan fingerprint density at radius 1 is 1.11 bits per heavy atom. The van der Waals surface area contributed by atoms with E-state index in [2.05, 4.69) is 25.6 Å². The van der Waals surface area contributed by atoms with E-state index in [0.717, 1.165) is 59.8 Å². The van der Waals surface area contributed by atoms with E-state index in [1.165, 1.54) is 4.90 Å².